The second kappa shape index (κ2) is 7.61. The van der Waals surface area contributed by atoms with Gasteiger partial charge < -0.3 is 9.30 Å². The molecule has 0 saturated carbocycles. The Morgan fingerprint density at radius 3 is 2.54 bits per heavy atom. The molecule has 0 aliphatic rings. The van der Waals surface area contributed by atoms with Crippen LogP contribution in [0.15, 0.2) is 64.7 Å². The fourth-order valence-corrected chi connectivity index (χ4v) is 3.53. The summed E-state index contributed by atoms with van der Waals surface area (Å²) in [6.45, 7) is 5.28. The van der Waals surface area contributed by atoms with Gasteiger partial charge in [-0.2, -0.15) is 13.5 Å². The Morgan fingerprint density at radius 2 is 1.85 bits per heavy atom. The molecule has 26 heavy (non-hydrogen) atoms. The van der Waals surface area contributed by atoms with Crippen LogP contribution in [0.4, 0.5) is 0 Å². The van der Waals surface area contributed by atoms with Crippen LogP contribution in [0.3, 0.4) is 0 Å². The molecule has 1 aromatic heterocycles. The molecule has 6 nitrogen and oxygen atoms in total. The Kier molecular flexibility index (Phi) is 5.27. The van der Waals surface area contributed by atoms with Crippen LogP contribution in [0.5, 0.6) is 5.75 Å². The highest BCUT2D eigenvalue weighted by atomic mass is 32.2. The number of hydrazone groups is 1. The van der Waals surface area contributed by atoms with Gasteiger partial charge in [0.2, 0.25) is 0 Å². The van der Waals surface area contributed by atoms with Crippen LogP contribution in [-0.2, 0) is 16.6 Å². The molecule has 0 aliphatic carbocycles. The molecule has 0 aliphatic heterocycles. The first kappa shape index (κ1) is 18.0. The van der Waals surface area contributed by atoms with Gasteiger partial charge in [-0.05, 0) is 44.2 Å². The Bertz CT molecular complexity index is 1020. The maximum Gasteiger partial charge on any atom is 0.276 e. The van der Waals surface area contributed by atoms with Crippen LogP contribution in [0.2, 0.25) is 0 Å². The van der Waals surface area contributed by atoms with Crippen molar-refractivity contribution in [1.29, 1.82) is 0 Å². The number of benzene rings is 2. The summed E-state index contributed by atoms with van der Waals surface area (Å²) >= 11 is 0. The zero-order valence-corrected chi connectivity index (χ0v) is 15.5. The van der Waals surface area contributed by atoms with Gasteiger partial charge in [0.05, 0.1) is 17.7 Å². The van der Waals surface area contributed by atoms with Crippen molar-refractivity contribution in [1.82, 2.24) is 9.40 Å². The first-order chi connectivity index (χ1) is 12.5. The number of para-hydroxylation sites is 1. The van der Waals surface area contributed by atoms with E-state index in [1.165, 1.54) is 18.3 Å². The number of nitrogens with one attached hydrogen (secondary N) is 1. The Morgan fingerprint density at radius 1 is 1.12 bits per heavy atom. The van der Waals surface area contributed by atoms with Crippen molar-refractivity contribution in [3.63, 3.8) is 0 Å². The Balaban J connectivity index is 1.79. The van der Waals surface area contributed by atoms with Crippen LogP contribution >= 0.6 is 0 Å². The highest BCUT2D eigenvalue weighted by Gasteiger charge is 2.13. The van der Waals surface area contributed by atoms with Crippen molar-refractivity contribution in [2.24, 2.45) is 5.10 Å². The standard InChI is InChI=1S/C19H21N3O3S/c1-3-22-14-15(18-7-5-6-8-19(18)22)13-20-21-26(23,24)17-11-9-16(10-12-17)25-4-2/h5-14,21H,3-4H2,1-2H3/b20-13+. The zero-order valence-electron chi connectivity index (χ0n) is 14.7. The van der Waals surface area contributed by atoms with Gasteiger partial charge in [-0.15, -0.1) is 0 Å². The average Bonchev–Trinajstić information content (AvgIpc) is 3.00. The molecule has 0 spiro atoms. The fourth-order valence-electron chi connectivity index (χ4n) is 2.74. The number of ether oxygens (including phenoxy) is 1. The van der Waals surface area contributed by atoms with Gasteiger partial charge in [0.15, 0.2) is 0 Å². The van der Waals surface area contributed by atoms with E-state index < -0.39 is 10.0 Å². The predicted molar refractivity (Wildman–Crippen MR) is 103 cm³/mol. The monoisotopic (exact) mass is 371 g/mol. The lowest BCUT2D eigenvalue weighted by Crippen LogP contribution is -2.18. The minimum absolute atomic E-state index is 0.133. The number of aryl methyl sites for hydroxylation is 1. The molecular weight excluding hydrogens is 350 g/mol. The highest BCUT2D eigenvalue weighted by molar-refractivity contribution is 7.89. The molecule has 3 aromatic rings. The van der Waals surface area contributed by atoms with Crippen LogP contribution < -0.4 is 9.57 Å². The molecule has 2 aromatic carbocycles. The van der Waals surface area contributed by atoms with E-state index in [9.17, 15) is 8.42 Å². The largest absolute Gasteiger partial charge is 0.494 e. The van der Waals surface area contributed by atoms with Crippen LogP contribution in [-0.4, -0.2) is 25.8 Å². The van der Waals surface area contributed by atoms with E-state index >= 15 is 0 Å². The summed E-state index contributed by atoms with van der Waals surface area (Å²) in [5, 5.41) is 4.96. The highest BCUT2D eigenvalue weighted by Crippen LogP contribution is 2.20. The van der Waals surface area contributed by atoms with E-state index in [-0.39, 0.29) is 4.90 Å². The molecule has 1 heterocycles. The van der Waals surface area contributed by atoms with Gasteiger partial charge in [0.1, 0.15) is 5.75 Å². The van der Waals surface area contributed by atoms with E-state index in [2.05, 4.69) is 21.4 Å². The number of hydrogen-bond acceptors (Lipinski definition) is 4. The molecular formula is C19H21N3O3S. The second-order valence-corrected chi connectivity index (χ2v) is 7.31. The van der Waals surface area contributed by atoms with E-state index in [1.807, 2.05) is 37.4 Å². The van der Waals surface area contributed by atoms with Crippen LogP contribution in [0.1, 0.15) is 19.4 Å². The summed E-state index contributed by atoms with van der Waals surface area (Å²) < 4.78 is 32.1. The molecule has 0 atom stereocenters. The van der Waals surface area contributed by atoms with E-state index in [4.69, 9.17) is 4.74 Å². The Labute approximate surface area is 153 Å². The average molecular weight is 371 g/mol. The third-order valence-electron chi connectivity index (χ3n) is 3.98. The topological polar surface area (TPSA) is 72.7 Å². The number of sulfonamides is 1. The molecule has 1 N–H and O–H groups in total. The van der Waals surface area contributed by atoms with Crippen LogP contribution in [0, 0.1) is 0 Å². The molecule has 0 saturated heterocycles. The first-order valence-corrected chi connectivity index (χ1v) is 9.89. The lowest BCUT2D eigenvalue weighted by Gasteiger charge is -2.05. The van der Waals surface area contributed by atoms with Crippen molar-refractivity contribution in [2.75, 3.05) is 6.61 Å². The summed E-state index contributed by atoms with van der Waals surface area (Å²) in [4.78, 5) is 2.39. The van der Waals surface area contributed by atoms with Gasteiger partial charge in [0.25, 0.3) is 10.0 Å². The summed E-state index contributed by atoms with van der Waals surface area (Å²) in [6, 6.07) is 14.2. The lowest BCUT2D eigenvalue weighted by molar-refractivity contribution is 0.340. The van der Waals surface area contributed by atoms with Gasteiger partial charge in [-0.1, -0.05) is 18.2 Å². The van der Waals surface area contributed by atoms with Gasteiger partial charge >= 0.3 is 0 Å². The molecule has 0 amide bonds. The van der Waals surface area contributed by atoms with Crippen molar-refractivity contribution in [3.8, 4) is 5.75 Å². The van der Waals surface area contributed by atoms with E-state index in [0.717, 1.165) is 23.0 Å². The number of nitrogens with zero attached hydrogens (tertiary/aromatic N) is 2. The third kappa shape index (κ3) is 3.72. The smallest absolute Gasteiger partial charge is 0.276 e. The maximum atomic E-state index is 12.3. The zero-order chi connectivity index (χ0) is 18.6. The molecule has 0 bridgehead atoms. The van der Waals surface area contributed by atoms with Gasteiger partial charge in [-0.25, -0.2) is 4.83 Å². The predicted octanol–water partition coefficient (Wildman–Crippen LogP) is 3.37. The number of rotatable bonds is 7. The second-order valence-electron chi connectivity index (χ2n) is 5.64. The summed E-state index contributed by atoms with van der Waals surface area (Å²) in [7, 11) is -3.72. The number of aromatic nitrogens is 1. The van der Waals surface area contributed by atoms with E-state index in [0.29, 0.717) is 12.4 Å². The van der Waals surface area contributed by atoms with Crippen LogP contribution in [0.25, 0.3) is 10.9 Å². The summed E-state index contributed by atoms with van der Waals surface area (Å²) in [5.74, 6) is 0.627. The lowest BCUT2D eigenvalue weighted by atomic mass is 10.2. The Hall–Kier alpha value is -2.80. The van der Waals surface area contributed by atoms with Crippen molar-refractivity contribution < 1.29 is 13.2 Å². The van der Waals surface area contributed by atoms with Crippen molar-refractivity contribution in [2.45, 2.75) is 25.3 Å². The fraction of sp³-hybridized carbons (Fsp3) is 0.211. The minimum atomic E-state index is -3.72. The molecule has 3 rings (SSSR count). The third-order valence-corrected chi connectivity index (χ3v) is 5.22. The van der Waals surface area contributed by atoms with Crippen molar-refractivity contribution >= 4 is 27.1 Å². The maximum absolute atomic E-state index is 12.3. The van der Waals surface area contributed by atoms with Crippen molar-refractivity contribution in [3.05, 3.63) is 60.3 Å². The molecule has 0 unspecified atom stereocenters. The normalized spacial score (nSPS) is 11.9. The number of hydrogen-bond donors (Lipinski definition) is 1. The minimum Gasteiger partial charge on any atom is -0.494 e. The SMILES string of the molecule is CCOc1ccc(S(=O)(=O)N/N=C/c2cn(CC)c3ccccc23)cc1. The molecule has 0 fully saturated rings. The summed E-state index contributed by atoms with van der Waals surface area (Å²) in [6.07, 6.45) is 3.49. The van der Waals surface area contributed by atoms with E-state index in [1.54, 1.807) is 12.1 Å². The number of fused-ring (bicyclic) bond motifs is 1. The molecule has 136 valence electrons. The first-order valence-electron chi connectivity index (χ1n) is 8.40. The quantitative estimate of drug-likeness (QED) is 0.511. The van der Waals surface area contributed by atoms with Gasteiger partial charge in [0, 0.05) is 29.2 Å². The molecule has 0 radical (unpaired) electrons. The summed E-state index contributed by atoms with van der Waals surface area (Å²) in [5.41, 5.74) is 1.95. The molecule has 7 heteroatoms. The van der Waals surface area contributed by atoms with Gasteiger partial charge in [-0.3, -0.25) is 0 Å².